The van der Waals surface area contributed by atoms with Crippen molar-refractivity contribution in [2.24, 2.45) is 5.92 Å². The monoisotopic (exact) mass is 425 g/mol. The summed E-state index contributed by atoms with van der Waals surface area (Å²) in [5.74, 6) is 1.85. The second kappa shape index (κ2) is 10.4. The molecular formula is C23H35N7O. The number of nitrogens with one attached hydrogen (secondary N) is 2. The van der Waals surface area contributed by atoms with Crippen LogP contribution in [-0.2, 0) is 11.2 Å². The van der Waals surface area contributed by atoms with Gasteiger partial charge in [-0.05, 0) is 49.9 Å². The van der Waals surface area contributed by atoms with E-state index in [0.717, 1.165) is 50.6 Å². The van der Waals surface area contributed by atoms with Crippen LogP contribution in [0.15, 0.2) is 30.6 Å². The number of nitrogens with zero attached hydrogens (tertiary/aromatic N) is 4. The minimum atomic E-state index is 0.144. The van der Waals surface area contributed by atoms with Crippen molar-refractivity contribution in [3.63, 3.8) is 0 Å². The number of carbonyl (C=O) groups is 1. The molecule has 1 saturated heterocycles. The Kier molecular flexibility index (Phi) is 7.68. The van der Waals surface area contributed by atoms with Gasteiger partial charge in [0.05, 0.1) is 12.4 Å². The molecule has 2 aliphatic rings. The third-order valence-corrected chi connectivity index (χ3v) is 5.95. The average molecular weight is 426 g/mol. The van der Waals surface area contributed by atoms with Crippen LogP contribution in [-0.4, -0.2) is 54.6 Å². The number of aromatic nitrogens is 2. The van der Waals surface area contributed by atoms with Gasteiger partial charge in [-0.15, -0.1) is 0 Å². The number of benzene rings is 1. The minimum absolute atomic E-state index is 0.144. The lowest BCUT2D eigenvalue weighted by molar-refractivity contribution is -0.117. The summed E-state index contributed by atoms with van der Waals surface area (Å²) < 4.78 is 0. The molecule has 4 rings (SSSR count). The van der Waals surface area contributed by atoms with E-state index in [1.165, 1.54) is 17.4 Å². The zero-order valence-electron chi connectivity index (χ0n) is 19.1. The zero-order valence-corrected chi connectivity index (χ0v) is 19.1. The number of fused-ring (bicyclic) bond motifs is 1. The molecule has 0 spiro atoms. The van der Waals surface area contributed by atoms with Gasteiger partial charge >= 0.3 is 0 Å². The van der Waals surface area contributed by atoms with Crippen molar-refractivity contribution in [2.75, 3.05) is 53.6 Å². The molecule has 1 unspecified atom stereocenters. The van der Waals surface area contributed by atoms with E-state index >= 15 is 0 Å². The van der Waals surface area contributed by atoms with E-state index in [4.69, 9.17) is 5.73 Å². The number of carbonyl (C=O) groups excluding carboxylic acids is 1. The summed E-state index contributed by atoms with van der Waals surface area (Å²) in [7, 11) is 0. The third kappa shape index (κ3) is 5.64. The maximum Gasteiger partial charge on any atom is 0.224 e. The number of piperazine rings is 1. The van der Waals surface area contributed by atoms with Gasteiger partial charge in [-0.25, -0.2) is 9.97 Å². The first-order valence-corrected chi connectivity index (χ1v) is 11.1. The molecule has 0 bridgehead atoms. The Hall–Kier alpha value is -2.87. The molecule has 0 aliphatic carbocycles. The van der Waals surface area contributed by atoms with Crippen LogP contribution < -0.4 is 26.2 Å². The fourth-order valence-electron chi connectivity index (χ4n) is 4.15. The van der Waals surface area contributed by atoms with Gasteiger partial charge < -0.3 is 26.2 Å². The molecule has 8 heteroatoms. The SMILES string of the molecule is CC(=O)N1c2ccc(N3CCNCC3)cc2CC(C)[C@@H]1C.CCNc1cnc(N)cn1. The summed E-state index contributed by atoms with van der Waals surface area (Å²) in [5.41, 5.74) is 9.03. The molecule has 0 saturated carbocycles. The normalized spacial score (nSPS) is 20.4. The van der Waals surface area contributed by atoms with E-state index in [1.807, 2.05) is 11.8 Å². The first-order chi connectivity index (χ1) is 14.9. The fraction of sp³-hybridized carbons (Fsp3) is 0.522. The Bertz CT molecular complexity index is 865. The molecular weight excluding hydrogens is 390 g/mol. The third-order valence-electron chi connectivity index (χ3n) is 5.95. The first kappa shape index (κ1) is 22.8. The Labute approximate surface area is 185 Å². The minimum Gasteiger partial charge on any atom is -0.382 e. The van der Waals surface area contributed by atoms with Crippen molar-refractivity contribution in [3.8, 4) is 0 Å². The maximum absolute atomic E-state index is 12.0. The number of nitrogens with two attached hydrogens (primary N) is 1. The summed E-state index contributed by atoms with van der Waals surface area (Å²) in [6, 6.07) is 6.87. The number of amides is 1. The molecule has 2 aromatic rings. The van der Waals surface area contributed by atoms with Crippen LogP contribution in [0, 0.1) is 5.92 Å². The molecule has 2 aliphatic heterocycles. The van der Waals surface area contributed by atoms with Crippen molar-refractivity contribution in [1.29, 1.82) is 0 Å². The highest BCUT2D eigenvalue weighted by molar-refractivity contribution is 5.94. The molecule has 8 nitrogen and oxygen atoms in total. The fourth-order valence-corrected chi connectivity index (χ4v) is 4.15. The molecule has 1 amide bonds. The Morgan fingerprint density at radius 3 is 2.58 bits per heavy atom. The molecule has 4 N–H and O–H groups in total. The van der Waals surface area contributed by atoms with Crippen molar-refractivity contribution in [3.05, 3.63) is 36.2 Å². The van der Waals surface area contributed by atoms with Gasteiger partial charge in [0.15, 0.2) is 0 Å². The zero-order chi connectivity index (χ0) is 22.4. The number of hydrogen-bond donors (Lipinski definition) is 3. The number of nitrogen functional groups attached to an aromatic ring is 1. The highest BCUT2D eigenvalue weighted by atomic mass is 16.2. The molecule has 2 atom stereocenters. The molecule has 3 heterocycles. The molecule has 168 valence electrons. The van der Waals surface area contributed by atoms with Crippen LogP contribution in [0.1, 0.15) is 33.3 Å². The quantitative estimate of drug-likeness (QED) is 0.695. The lowest BCUT2D eigenvalue weighted by Gasteiger charge is -2.39. The first-order valence-electron chi connectivity index (χ1n) is 11.1. The van der Waals surface area contributed by atoms with Crippen molar-refractivity contribution in [1.82, 2.24) is 15.3 Å². The van der Waals surface area contributed by atoms with Gasteiger partial charge in [0.1, 0.15) is 11.6 Å². The summed E-state index contributed by atoms with van der Waals surface area (Å²) >= 11 is 0. The van der Waals surface area contributed by atoms with E-state index in [0.29, 0.717) is 11.7 Å². The highest BCUT2D eigenvalue weighted by Crippen LogP contribution is 2.36. The summed E-state index contributed by atoms with van der Waals surface area (Å²) in [6.07, 6.45) is 4.19. The van der Waals surface area contributed by atoms with Gasteiger partial charge in [0, 0.05) is 57.1 Å². The van der Waals surface area contributed by atoms with Gasteiger partial charge in [-0.2, -0.15) is 0 Å². The second-order valence-electron chi connectivity index (χ2n) is 8.22. The Morgan fingerprint density at radius 2 is 1.97 bits per heavy atom. The van der Waals surface area contributed by atoms with Gasteiger partial charge in [0.25, 0.3) is 0 Å². The lowest BCUT2D eigenvalue weighted by atomic mass is 9.87. The van der Waals surface area contributed by atoms with E-state index in [-0.39, 0.29) is 11.9 Å². The Morgan fingerprint density at radius 1 is 1.23 bits per heavy atom. The molecule has 1 aromatic heterocycles. The van der Waals surface area contributed by atoms with Gasteiger partial charge in [-0.1, -0.05) is 6.92 Å². The van der Waals surface area contributed by atoms with Crippen LogP contribution in [0.3, 0.4) is 0 Å². The van der Waals surface area contributed by atoms with Crippen LogP contribution in [0.4, 0.5) is 23.0 Å². The molecule has 1 fully saturated rings. The van der Waals surface area contributed by atoms with Gasteiger partial charge in [0.2, 0.25) is 5.91 Å². The van der Waals surface area contributed by atoms with Crippen LogP contribution in [0.5, 0.6) is 0 Å². The smallest absolute Gasteiger partial charge is 0.224 e. The van der Waals surface area contributed by atoms with E-state index in [2.05, 4.69) is 57.5 Å². The van der Waals surface area contributed by atoms with Crippen LogP contribution >= 0.6 is 0 Å². The highest BCUT2D eigenvalue weighted by Gasteiger charge is 2.31. The van der Waals surface area contributed by atoms with Crippen molar-refractivity contribution >= 4 is 28.9 Å². The lowest BCUT2D eigenvalue weighted by Crippen LogP contribution is -2.46. The summed E-state index contributed by atoms with van der Waals surface area (Å²) in [6.45, 7) is 13.1. The van der Waals surface area contributed by atoms with E-state index < -0.39 is 0 Å². The number of rotatable bonds is 3. The van der Waals surface area contributed by atoms with E-state index in [9.17, 15) is 4.79 Å². The predicted octanol–water partition coefficient (Wildman–Crippen LogP) is 2.52. The maximum atomic E-state index is 12.0. The molecule has 31 heavy (non-hydrogen) atoms. The predicted molar refractivity (Wildman–Crippen MR) is 128 cm³/mol. The largest absolute Gasteiger partial charge is 0.382 e. The Balaban J connectivity index is 0.000000229. The summed E-state index contributed by atoms with van der Waals surface area (Å²) in [4.78, 5) is 24.2. The number of hydrogen-bond acceptors (Lipinski definition) is 7. The topological polar surface area (TPSA) is 99.4 Å². The average Bonchev–Trinajstić information content (AvgIpc) is 2.77. The molecule has 0 radical (unpaired) electrons. The second-order valence-corrected chi connectivity index (χ2v) is 8.22. The standard InChI is InChI=1S/C17H25N3O.C6H10N4/c1-12-10-15-11-16(19-8-6-18-7-9-19)4-5-17(15)20(13(12)2)14(3)21;1-2-8-6-4-9-5(7)3-10-6/h4-5,11-13,18H,6-10H2,1-3H3;3-4H,2H2,1H3,(H2,7,9)(H,8,10)/t12?,13-;/m0./s1. The van der Waals surface area contributed by atoms with Gasteiger partial charge in [-0.3, -0.25) is 4.79 Å². The number of anilines is 4. The molecule has 1 aromatic carbocycles. The summed E-state index contributed by atoms with van der Waals surface area (Å²) in [5, 5.41) is 6.39. The van der Waals surface area contributed by atoms with E-state index in [1.54, 1.807) is 13.1 Å². The van der Waals surface area contributed by atoms with Crippen LogP contribution in [0.2, 0.25) is 0 Å². The van der Waals surface area contributed by atoms with Crippen molar-refractivity contribution in [2.45, 2.75) is 40.2 Å². The van der Waals surface area contributed by atoms with Crippen molar-refractivity contribution < 1.29 is 4.79 Å². The van der Waals surface area contributed by atoms with Crippen LogP contribution in [0.25, 0.3) is 0 Å².